The number of carbonyl (C=O) groups is 1. The molecule has 0 unspecified atom stereocenters. The Morgan fingerprint density at radius 1 is 1.05 bits per heavy atom. The van der Waals surface area contributed by atoms with Gasteiger partial charge in [0.2, 0.25) is 5.91 Å². The number of benzene rings is 2. The number of hydrogen-bond acceptors (Lipinski definition) is 2. The summed E-state index contributed by atoms with van der Waals surface area (Å²) in [4.78, 5) is 16.0. The minimum Gasteiger partial charge on any atom is -0.329 e. The Kier molecular flexibility index (Phi) is 3.26. The van der Waals surface area contributed by atoms with Crippen molar-refractivity contribution >= 4 is 38.9 Å². The number of amides is 1. The number of aryl methyl sites for hydroxylation is 1. The topological polar surface area (TPSA) is 23.6 Å². The van der Waals surface area contributed by atoms with Gasteiger partial charge in [0, 0.05) is 11.5 Å². The summed E-state index contributed by atoms with van der Waals surface area (Å²) in [6.45, 7) is 2.41. The number of likely N-dealkylation sites (N-methyl/N-ethyl adjacent to an activating group) is 1. The molecule has 0 saturated carbocycles. The van der Waals surface area contributed by atoms with Crippen LogP contribution in [0.1, 0.15) is 5.56 Å². The smallest absolute Gasteiger partial charge is 0.246 e. The lowest BCUT2D eigenvalue weighted by Gasteiger charge is -2.36. The van der Waals surface area contributed by atoms with Crippen LogP contribution in [0.4, 0.5) is 17.1 Å². The number of anilines is 3. The molecule has 0 saturated heterocycles. The average molecular weight is 331 g/mol. The van der Waals surface area contributed by atoms with E-state index in [1.807, 2.05) is 31.3 Å². The molecule has 0 aliphatic carbocycles. The monoisotopic (exact) mass is 330 g/mol. The van der Waals surface area contributed by atoms with Crippen molar-refractivity contribution in [3.63, 3.8) is 0 Å². The van der Waals surface area contributed by atoms with Crippen LogP contribution >= 0.6 is 15.9 Å². The summed E-state index contributed by atoms with van der Waals surface area (Å²) in [6.07, 6.45) is 0. The van der Waals surface area contributed by atoms with Crippen molar-refractivity contribution in [3.8, 4) is 0 Å². The van der Waals surface area contributed by atoms with Crippen molar-refractivity contribution < 1.29 is 4.79 Å². The van der Waals surface area contributed by atoms with Crippen molar-refractivity contribution in [3.05, 3.63) is 52.5 Å². The van der Waals surface area contributed by atoms with E-state index in [1.165, 1.54) is 5.56 Å². The van der Waals surface area contributed by atoms with E-state index in [0.29, 0.717) is 6.54 Å². The highest BCUT2D eigenvalue weighted by molar-refractivity contribution is 9.10. The minimum absolute atomic E-state index is 0.0937. The van der Waals surface area contributed by atoms with Crippen LogP contribution in [-0.2, 0) is 4.79 Å². The molecule has 2 aromatic carbocycles. The molecule has 1 aliphatic heterocycles. The van der Waals surface area contributed by atoms with Gasteiger partial charge in [0.25, 0.3) is 0 Å². The number of hydrogen-bond donors (Lipinski definition) is 0. The van der Waals surface area contributed by atoms with Crippen LogP contribution in [0.25, 0.3) is 0 Å². The van der Waals surface area contributed by atoms with Gasteiger partial charge in [0.15, 0.2) is 0 Å². The summed E-state index contributed by atoms with van der Waals surface area (Å²) < 4.78 is 1.00. The molecule has 1 heterocycles. The van der Waals surface area contributed by atoms with Crippen LogP contribution in [0.2, 0.25) is 0 Å². The van der Waals surface area contributed by atoms with Crippen LogP contribution in [0.3, 0.4) is 0 Å². The molecule has 1 amide bonds. The predicted molar refractivity (Wildman–Crippen MR) is 85.7 cm³/mol. The van der Waals surface area contributed by atoms with Gasteiger partial charge < -0.3 is 9.80 Å². The second kappa shape index (κ2) is 4.94. The SMILES string of the molecule is Cc1ccc(N2CC(=O)N(C)c3ccccc32)c(Br)c1. The predicted octanol–water partition coefficient (Wildman–Crippen LogP) is 3.87. The molecule has 0 fully saturated rings. The van der Waals surface area contributed by atoms with E-state index in [4.69, 9.17) is 0 Å². The molecule has 0 N–H and O–H groups in total. The first kappa shape index (κ1) is 13.2. The molecular formula is C16H15BrN2O. The lowest BCUT2D eigenvalue weighted by atomic mass is 10.1. The van der Waals surface area contributed by atoms with Crippen LogP contribution in [0.5, 0.6) is 0 Å². The Balaban J connectivity index is 2.15. The van der Waals surface area contributed by atoms with Gasteiger partial charge in [-0.15, -0.1) is 0 Å². The number of para-hydroxylation sites is 2. The maximum Gasteiger partial charge on any atom is 0.246 e. The third kappa shape index (κ3) is 2.10. The van der Waals surface area contributed by atoms with E-state index in [-0.39, 0.29) is 5.91 Å². The molecule has 3 nitrogen and oxygen atoms in total. The quantitative estimate of drug-likeness (QED) is 0.792. The van der Waals surface area contributed by atoms with Crippen molar-refractivity contribution in [1.29, 1.82) is 0 Å². The molecule has 3 rings (SSSR count). The summed E-state index contributed by atoms with van der Waals surface area (Å²) in [6, 6.07) is 14.2. The fraction of sp³-hybridized carbons (Fsp3) is 0.188. The molecule has 20 heavy (non-hydrogen) atoms. The van der Waals surface area contributed by atoms with Crippen LogP contribution < -0.4 is 9.80 Å². The van der Waals surface area contributed by atoms with E-state index in [9.17, 15) is 4.79 Å². The number of halogens is 1. The Bertz CT molecular complexity index is 684. The summed E-state index contributed by atoms with van der Waals surface area (Å²) in [5, 5.41) is 0. The van der Waals surface area contributed by atoms with E-state index in [0.717, 1.165) is 21.5 Å². The molecule has 4 heteroatoms. The fourth-order valence-corrected chi connectivity index (χ4v) is 3.19. The minimum atomic E-state index is 0.0937. The molecular weight excluding hydrogens is 316 g/mol. The van der Waals surface area contributed by atoms with Gasteiger partial charge in [-0.2, -0.15) is 0 Å². The third-order valence-corrected chi connectivity index (χ3v) is 4.23. The van der Waals surface area contributed by atoms with Gasteiger partial charge in [0.1, 0.15) is 6.54 Å². The summed E-state index contributed by atoms with van der Waals surface area (Å²) in [5.41, 5.74) is 4.20. The van der Waals surface area contributed by atoms with Crippen LogP contribution in [0.15, 0.2) is 46.9 Å². The Morgan fingerprint density at radius 2 is 1.75 bits per heavy atom. The first-order chi connectivity index (χ1) is 9.58. The molecule has 0 bridgehead atoms. The Morgan fingerprint density at radius 3 is 2.45 bits per heavy atom. The zero-order chi connectivity index (χ0) is 14.3. The highest BCUT2D eigenvalue weighted by Crippen LogP contribution is 2.40. The molecule has 0 spiro atoms. The zero-order valence-corrected chi connectivity index (χ0v) is 13.0. The molecule has 102 valence electrons. The van der Waals surface area contributed by atoms with Crippen molar-refractivity contribution in [1.82, 2.24) is 0 Å². The Hall–Kier alpha value is -1.81. The lowest BCUT2D eigenvalue weighted by Crippen LogP contribution is -2.41. The zero-order valence-electron chi connectivity index (χ0n) is 11.4. The second-order valence-corrected chi connectivity index (χ2v) is 5.84. The summed E-state index contributed by atoms with van der Waals surface area (Å²) >= 11 is 3.60. The van der Waals surface area contributed by atoms with E-state index in [1.54, 1.807) is 4.90 Å². The third-order valence-electron chi connectivity index (χ3n) is 3.60. The molecule has 2 aromatic rings. The fourth-order valence-electron chi connectivity index (χ4n) is 2.48. The van der Waals surface area contributed by atoms with E-state index < -0.39 is 0 Å². The van der Waals surface area contributed by atoms with E-state index >= 15 is 0 Å². The van der Waals surface area contributed by atoms with Crippen molar-refractivity contribution in [2.24, 2.45) is 0 Å². The number of fused-ring (bicyclic) bond motifs is 1. The number of nitrogens with zero attached hydrogens (tertiary/aromatic N) is 2. The van der Waals surface area contributed by atoms with Crippen molar-refractivity contribution in [2.45, 2.75) is 6.92 Å². The highest BCUT2D eigenvalue weighted by atomic mass is 79.9. The maximum atomic E-state index is 12.2. The van der Waals surface area contributed by atoms with Crippen LogP contribution in [0, 0.1) is 6.92 Å². The summed E-state index contributed by atoms with van der Waals surface area (Å²) in [7, 11) is 1.82. The van der Waals surface area contributed by atoms with Gasteiger partial charge in [-0.1, -0.05) is 18.2 Å². The lowest BCUT2D eigenvalue weighted by molar-refractivity contribution is -0.117. The first-order valence-electron chi connectivity index (χ1n) is 6.47. The van der Waals surface area contributed by atoms with Gasteiger partial charge in [0.05, 0.1) is 17.1 Å². The van der Waals surface area contributed by atoms with E-state index in [2.05, 4.69) is 46.0 Å². The summed E-state index contributed by atoms with van der Waals surface area (Å²) in [5.74, 6) is 0.0937. The molecule has 0 atom stereocenters. The van der Waals surface area contributed by atoms with Gasteiger partial charge in [-0.05, 0) is 52.7 Å². The Labute approximate surface area is 126 Å². The highest BCUT2D eigenvalue weighted by Gasteiger charge is 2.28. The molecule has 0 radical (unpaired) electrons. The number of carbonyl (C=O) groups excluding carboxylic acids is 1. The standard InChI is InChI=1S/C16H15BrN2O/c1-11-7-8-13(12(17)9-11)19-10-16(20)18(2)14-5-3-4-6-15(14)19/h3-9H,10H2,1-2H3. The van der Waals surface area contributed by atoms with Gasteiger partial charge in [-0.25, -0.2) is 0 Å². The first-order valence-corrected chi connectivity index (χ1v) is 7.26. The normalized spacial score (nSPS) is 14.4. The van der Waals surface area contributed by atoms with Crippen LogP contribution in [-0.4, -0.2) is 19.5 Å². The molecule has 0 aromatic heterocycles. The van der Waals surface area contributed by atoms with Crippen molar-refractivity contribution in [2.75, 3.05) is 23.4 Å². The average Bonchev–Trinajstić information content (AvgIpc) is 2.43. The largest absolute Gasteiger partial charge is 0.329 e. The van der Waals surface area contributed by atoms with Gasteiger partial charge in [-0.3, -0.25) is 4.79 Å². The number of rotatable bonds is 1. The maximum absolute atomic E-state index is 12.2. The molecule has 1 aliphatic rings. The second-order valence-electron chi connectivity index (χ2n) is 4.98. The van der Waals surface area contributed by atoms with Gasteiger partial charge >= 0.3 is 0 Å².